The number of ether oxygens (including phenoxy) is 1. The summed E-state index contributed by atoms with van der Waals surface area (Å²) < 4.78 is 5.45. The number of pyridine rings is 1. The van der Waals surface area contributed by atoms with Gasteiger partial charge in [0.1, 0.15) is 12.6 Å². The Balaban J connectivity index is 1.43. The number of alkyl carbamates (subject to hydrolysis) is 1. The van der Waals surface area contributed by atoms with Crippen molar-refractivity contribution in [3.8, 4) is 11.1 Å². The molecule has 30 heavy (non-hydrogen) atoms. The summed E-state index contributed by atoms with van der Waals surface area (Å²) in [5.41, 5.74) is 6.05. The van der Waals surface area contributed by atoms with E-state index < -0.39 is 18.1 Å². The zero-order valence-corrected chi connectivity index (χ0v) is 16.5. The van der Waals surface area contributed by atoms with Crippen LogP contribution in [-0.2, 0) is 16.0 Å². The number of aliphatic carboxylic acids is 1. The second kappa shape index (κ2) is 8.37. The molecule has 1 aliphatic carbocycles. The fourth-order valence-electron chi connectivity index (χ4n) is 3.90. The molecule has 6 heteroatoms. The van der Waals surface area contributed by atoms with Gasteiger partial charge in [-0.15, -0.1) is 0 Å². The summed E-state index contributed by atoms with van der Waals surface area (Å²) in [6.07, 6.45) is 0.954. The van der Waals surface area contributed by atoms with Crippen LogP contribution in [0, 0.1) is 6.92 Å². The number of amides is 1. The maximum absolute atomic E-state index is 12.4. The van der Waals surface area contributed by atoms with Crippen LogP contribution in [-0.4, -0.2) is 34.8 Å². The van der Waals surface area contributed by atoms with Crippen LogP contribution in [0.3, 0.4) is 0 Å². The van der Waals surface area contributed by atoms with E-state index in [4.69, 9.17) is 4.74 Å². The number of benzene rings is 2. The van der Waals surface area contributed by atoms with Crippen LogP contribution in [0.4, 0.5) is 4.79 Å². The first-order chi connectivity index (χ1) is 14.5. The minimum atomic E-state index is -1.13. The van der Waals surface area contributed by atoms with E-state index in [1.54, 1.807) is 12.3 Å². The molecule has 1 amide bonds. The van der Waals surface area contributed by atoms with Gasteiger partial charge in [-0.25, -0.2) is 9.59 Å². The van der Waals surface area contributed by atoms with Crippen LogP contribution in [0.2, 0.25) is 0 Å². The number of rotatable bonds is 6. The number of hydrogen-bond acceptors (Lipinski definition) is 4. The van der Waals surface area contributed by atoms with Crippen LogP contribution in [0.15, 0.2) is 66.9 Å². The largest absolute Gasteiger partial charge is 0.480 e. The van der Waals surface area contributed by atoms with Gasteiger partial charge in [-0.3, -0.25) is 4.98 Å². The van der Waals surface area contributed by atoms with Crippen LogP contribution >= 0.6 is 0 Å². The SMILES string of the molecule is Cc1ccnc(C[C@H](NC(=O)OCC2c3ccccc3-c3ccccc32)C(=O)O)c1. The average molecular weight is 402 g/mol. The van der Waals surface area contributed by atoms with Crippen molar-refractivity contribution in [2.24, 2.45) is 0 Å². The quantitative estimate of drug-likeness (QED) is 0.652. The molecule has 0 unspecified atom stereocenters. The number of aryl methyl sites for hydroxylation is 1. The van der Waals surface area contributed by atoms with Crippen molar-refractivity contribution in [2.75, 3.05) is 6.61 Å². The van der Waals surface area contributed by atoms with E-state index in [9.17, 15) is 14.7 Å². The summed E-state index contributed by atoms with van der Waals surface area (Å²) in [5.74, 6) is -1.21. The number of carboxylic acids is 1. The highest BCUT2D eigenvalue weighted by molar-refractivity contribution is 5.81. The van der Waals surface area contributed by atoms with Gasteiger partial charge in [-0.05, 0) is 46.9 Å². The van der Waals surface area contributed by atoms with Crippen LogP contribution in [0.5, 0.6) is 0 Å². The first kappa shape index (κ1) is 19.6. The minimum absolute atomic E-state index is 0.0788. The van der Waals surface area contributed by atoms with Gasteiger partial charge in [-0.2, -0.15) is 0 Å². The second-order valence-corrected chi connectivity index (χ2v) is 7.39. The van der Waals surface area contributed by atoms with Crippen LogP contribution < -0.4 is 5.32 Å². The number of carbonyl (C=O) groups is 2. The Morgan fingerprint density at radius 2 is 1.70 bits per heavy atom. The van der Waals surface area contributed by atoms with Gasteiger partial charge in [0.05, 0.1) is 0 Å². The summed E-state index contributed by atoms with van der Waals surface area (Å²) in [5, 5.41) is 12.0. The third-order valence-corrected chi connectivity index (χ3v) is 5.32. The average Bonchev–Trinajstić information content (AvgIpc) is 3.06. The van der Waals surface area contributed by atoms with Crippen LogP contribution in [0.1, 0.15) is 28.3 Å². The molecular formula is C24H22N2O4. The Bertz CT molecular complexity index is 1050. The lowest BCUT2D eigenvalue weighted by atomic mass is 9.98. The molecule has 2 N–H and O–H groups in total. The van der Waals surface area contributed by atoms with Crippen LogP contribution in [0.25, 0.3) is 11.1 Å². The van der Waals surface area contributed by atoms with E-state index in [-0.39, 0.29) is 18.9 Å². The molecule has 0 spiro atoms. The summed E-state index contributed by atoms with van der Waals surface area (Å²) in [7, 11) is 0. The number of nitrogens with one attached hydrogen (secondary N) is 1. The molecular weight excluding hydrogens is 380 g/mol. The minimum Gasteiger partial charge on any atom is -0.480 e. The number of carbonyl (C=O) groups excluding carboxylic acids is 1. The fourth-order valence-corrected chi connectivity index (χ4v) is 3.90. The Hall–Kier alpha value is -3.67. The summed E-state index contributed by atoms with van der Waals surface area (Å²) in [6.45, 7) is 2.04. The predicted molar refractivity (Wildman–Crippen MR) is 112 cm³/mol. The zero-order chi connectivity index (χ0) is 21.1. The van der Waals surface area contributed by atoms with Crippen molar-refractivity contribution in [3.05, 3.63) is 89.2 Å². The van der Waals surface area contributed by atoms with E-state index >= 15 is 0 Å². The molecule has 152 valence electrons. The number of carboxylic acid groups (broad SMARTS) is 1. The van der Waals surface area contributed by atoms with Gasteiger partial charge >= 0.3 is 12.1 Å². The third kappa shape index (κ3) is 4.03. The van der Waals surface area contributed by atoms with Gasteiger partial charge in [-0.1, -0.05) is 48.5 Å². The van der Waals surface area contributed by atoms with Gasteiger partial charge in [0, 0.05) is 24.2 Å². The molecule has 0 saturated heterocycles. The molecule has 1 aromatic heterocycles. The molecule has 1 aliphatic rings. The standard InChI is InChI=1S/C24H22N2O4/c1-15-10-11-25-16(12-15)13-22(23(27)28)26-24(29)30-14-21-19-8-4-2-6-17(19)18-7-3-5-9-20(18)21/h2-12,21-22H,13-14H2,1H3,(H,26,29)(H,27,28)/t22-/m0/s1. The molecule has 0 bridgehead atoms. The molecule has 2 aromatic carbocycles. The van der Waals surface area contributed by atoms with E-state index in [0.717, 1.165) is 27.8 Å². The predicted octanol–water partition coefficient (Wildman–Crippen LogP) is 3.92. The van der Waals surface area contributed by atoms with Gasteiger partial charge in [0.2, 0.25) is 0 Å². The monoisotopic (exact) mass is 402 g/mol. The normalized spacial score (nSPS) is 13.2. The van der Waals surface area contributed by atoms with E-state index in [1.807, 2.05) is 49.4 Å². The van der Waals surface area contributed by atoms with E-state index in [0.29, 0.717) is 5.69 Å². The second-order valence-electron chi connectivity index (χ2n) is 7.39. The molecule has 0 aliphatic heterocycles. The van der Waals surface area contributed by atoms with Gasteiger partial charge < -0.3 is 15.2 Å². The molecule has 3 aromatic rings. The number of nitrogens with zero attached hydrogens (tertiary/aromatic N) is 1. The Morgan fingerprint density at radius 1 is 1.07 bits per heavy atom. The maximum Gasteiger partial charge on any atom is 0.407 e. The smallest absolute Gasteiger partial charge is 0.407 e. The Labute approximate surface area is 174 Å². The Kier molecular flexibility index (Phi) is 5.48. The molecule has 0 fully saturated rings. The van der Waals surface area contributed by atoms with Crippen molar-refractivity contribution in [1.82, 2.24) is 10.3 Å². The lowest BCUT2D eigenvalue weighted by Gasteiger charge is -2.17. The summed E-state index contributed by atoms with van der Waals surface area (Å²) >= 11 is 0. The third-order valence-electron chi connectivity index (χ3n) is 5.32. The highest BCUT2D eigenvalue weighted by atomic mass is 16.5. The highest BCUT2D eigenvalue weighted by Gasteiger charge is 2.29. The summed E-state index contributed by atoms with van der Waals surface area (Å²) in [6, 6.07) is 18.6. The molecule has 0 radical (unpaired) electrons. The van der Waals surface area contributed by atoms with Gasteiger partial charge in [0.15, 0.2) is 0 Å². The first-order valence-electron chi connectivity index (χ1n) is 9.79. The van der Waals surface area contributed by atoms with Crippen molar-refractivity contribution >= 4 is 12.1 Å². The fraction of sp³-hybridized carbons (Fsp3) is 0.208. The topological polar surface area (TPSA) is 88.5 Å². The molecule has 4 rings (SSSR count). The molecule has 1 heterocycles. The highest BCUT2D eigenvalue weighted by Crippen LogP contribution is 2.44. The maximum atomic E-state index is 12.4. The van der Waals surface area contributed by atoms with Crippen molar-refractivity contribution in [1.29, 1.82) is 0 Å². The summed E-state index contributed by atoms with van der Waals surface area (Å²) in [4.78, 5) is 28.2. The number of fused-ring (bicyclic) bond motifs is 3. The number of aromatic nitrogens is 1. The van der Waals surface area contributed by atoms with Crippen molar-refractivity contribution in [2.45, 2.75) is 25.3 Å². The Morgan fingerprint density at radius 3 is 2.30 bits per heavy atom. The first-order valence-corrected chi connectivity index (χ1v) is 9.79. The number of hydrogen-bond donors (Lipinski definition) is 2. The van der Waals surface area contributed by atoms with Gasteiger partial charge in [0.25, 0.3) is 0 Å². The van der Waals surface area contributed by atoms with E-state index in [1.165, 1.54) is 0 Å². The molecule has 6 nitrogen and oxygen atoms in total. The lowest BCUT2D eigenvalue weighted by molar-refractivity contribution is -0.139. The zero-order valence-electron chi connectivity index (χ0n) is 16.5. The lowest BCUT2D eigenvalue weighted by Crippen LogP contribution is -2.43. The molecule has 1 atom stereocenters. The van der Waals surface area contributed by atoms with Crippen molar-refractivity contribution < 1.29 is 19.4 Å². The van der Waals surface area contributed by atoms with E-state index in [2.05, 4.69) is 22.4 Å². The van der Waals surface area contributed by atoms with Crippen molar-refractivity contribution in [3.63, 3.8) is 0 Å². The molecule has 0 saturated carbocycles.